The molecule has 0 saturated carbocycles. The molecule has 10 nitrogen and oxygen atoms in total. The second-order valence-corrected chi connectivity index (χ2v) is 14.8. The van der Waals surface area contributed by atoms with Crippen LogP contribution in [0.4, 0.5) is 0 Å². The molecule has 0 aliphatic heterocycles. The molecule has 0 aliphatic carbocycles. The van der Waals surface area contributed by atoms with E-state index in [1.807, 2.05) is 55.4 Å². The van der Waals surface area contributed by atoms with Crippen LogP contribution in [-0.4, -0.2) is 107 Å². The van der Waals surface area contributed by atoms with E-state index in [0.29, 0.717) is 88.9 Å². The summed E-state index contributed by atoms with van der Waals surface area (Å²) in [6.07, 6.45) is 1.33. The van der Waals surface area contributed by atoms with E-state index in [-0.39, 0.29) is 11.8 Å². The molecule has 0 aliphatic rings. The number of hydrogen-bond acceptors (Lipinski definition) is 10. The summed E-state index contributed by atoms with van der Waals surface area (Å²) in [5.74, 6) is -0.128. The van der Waals surface area contributed by atoms with E-state index in [9.17, 15) is 19.2 Å². The summed E-state index contributed by atoms with van der Waals surface area (Å²) in [4.78, 5) is 54.3. The van der Waals surface area contributed by atoms with Crippen molar-refractivity contribution in [2.45, 2.75) is 89.2 Å². The Balaban J connectivity index is 0. The van der Waals surface area contributed by atoms with Gasteiger partial charge in [-0.05, 0) is 49.6 Å². The van der Waals surface area contributed by atoms with Gasteiger partial charge in [0.25, 0.3) is 0 Å². The number of carbonyl (C=O) groups excluding carboxylic acids is 4. The summed E-state index contributed by atoms with van der Waals surface area (Å²) in [7, 11) is 0. The molecular formula is C30H55N5O5S4Tc. The van der Waals surface area contributed by atoms with Crippen molar-refractivity contribution >= 4 is 74.1 Å². The third kappa shape index (κ3) is 21.3. The average Bonchev–Trinajstić information content (AvgIpc) is 2.96. The average molecular weight is 793 g/mol. The minimum absolute atomic E-state index is 0.252. The standard InChI is InChI=1S/C30H59N5O4S4.O.Tc/c1-19(2)15-34(16-20(3)4)29(38)25(42)23(40)27(36)32-13-9-11-31-12-10-14-33-28(37)24(41)26(43)30(39)35(17-21(5)6)18-22(7)8;;/h19-26,31,40-43H,9-18H2,1-8H3,(H,32,36)(H,33,37);;/q;;+4/p-4/i;;1+1. The van der Waals surface area contributed by atoms with Crippen LogP contribution in [0.1, 0.15) is 68.2 Å². The first kappa shape index (κ1) is 46.8. The minimum atomic E-state index is -1.01. The van der Waals surface area contributed by atoms with E-state index in [4.69, 9.17) is 54.0 Å². The maximum atomic E-state index is 12.9. The van der Waals surface area contributed by atoms with Crippen LogP contribution in [0.3, 0.4) is 0 Å². The van der Waals surface area contributed by atoms with Crippen molar-refractivity contribution in [3.05, 3.63) is 0 Å². The zero-order valence-electron chi connectivity index (χ0n) is 28.1. The van der Waals surface area contributed by atoms with Gasteiger partial charge in [-0.1, -0.05) is 76.4 Å². The number of hydrogen-bond donors (Lipinski definition) is 3. The van der Waals surface area contributed by atoms with Crippen molar-refractivity contribution in [3.8, 4) is 0 Å². The van der Waals surface area contributed by atoms with Gasteiger partial charge in [0.15, 0.2) is 11.8 Å². The molecule has 45 heavy (non-hydrogen) atoms. The molecule has 0 rings (SSSR count). The van der Waals surface area contributed by atoms with Crippen LogP contribution >= 0.6 is 0 Å². The Kier molecular flexibility index (Phi) is 27.7. The van der Waals surface area contributed by atoms with Crippen molar-refractivity contribution in [1.82, 2.24) is 25.8 Å². The SMILES string of the molecule is CC(C)CN(CC(C)C)C(=O)C([S-])C([S-])C(=O)NCCCNCCCNC(=O)C([S-])C([S-])C(=O)N(CC(C)C)CC(C)C.[O]=[99Tc+4]. The van der Waals surface area contributed by atoms with Crippen molar-refractivity contribution in [3.63, 3.8) is 0 Å². The van der Waals surface area contributed by atoms with Crippen LogP contribution < -0.4 is 16.0 Å². The Bertz CT molecular complexity index is 787. The monoisotopic (exact) mass is 792 g/mol. The zero-order valence-corrected chi connectivity index (χ0v) is 33.3. The van der Waals surface area contributed by atoms with E-state index in [1.165, 1.54) is 0 Å². The van der Waals surface area contributed by atoms with E-state index >= 15 is 0 Å². The van der Waals surface area contributed by atoms with Crippen LogP contribution in [0, 0.1) is 23.7 Å². The fourth-order valence-electron chi connectivity index (χ4n) is 4.34. The van der Waals surface area contributed by atoms with Gasteiger partial charge in [-0.15, -0.1) is 0 Å². The summed E-state index contributed by atoms with van der Waals surface area (Å²) in [5, 5.41) is 4.85. The number of nitrogens with zero attached hydrogens (tertiary/aromatic N) is 2. The second-order valence-electron chi connectivity index (χ2n) is 12.8. The Morgan fingerprint density at radius 3 is 1.02 bits per heavy atom. The van der Waals surface area contributed by atoms with Crippen molar-refractivity contribution in [2.75, 3.05) is 52.4 Å². The number of rotatable bonds is 22. The van der Waals surface area contributed by atoms with Gasteiger partial charge in [-0.3, -0.25) is 19.2 Å². The van der Waals surface area contributed by atoms with Crippen LogP contribution in [0.5, 0.6) is 0 Å². The van der Waals surface area contributed by atoms with Gasteiger partial charge >= 0.3 is 22.4 Å². The molecule has 4 unspecified atom stereocenters. The number of amides is 4. The molecule has 261 valence electrons. The fraction of sp³-hybridized carbons (Fsp3) is 0.867. The first-order valence-corrected chi connectivity index (χ1v) is 18.3. The molecule has 3 N–H and O–H groups in total. The van der Waals surface area contributed by atoms with Crippen LogP contribution in [0.25, 0.3) is 0 Å². The second kappa shape index (κ2) is 26.6. The van der Waals surface area contributed by atoms with Crippen LogP contribution in [0.15, 0.2) is 0 Å². The van der Waals surface area contributed by atoms with Gasteiger partial charge < -0.3 is 76.3 Å². The van der Waals surface area contributed by atoms with Crippen molar-refractivity contribution in [2.24, 2.45) is 23.7 Å². The molecule has 4 amide bonds. The third-order valence-electron chi connectivity index (χ3n) is 6.18. The molecule has 0 aromatic carbocycles. The van der Waals surface area contributed by atoms with Crippen LogP contribution in [0.2, 0.25) is 0 Å². The predicted octanol–water partition coefficient (Wildman–Crippen LogP) is 1.41. The van der Waals surface area contributed by atoms with Crippen molar-refractivity contribution < 1.29 is 41.5 Å². The molecule has 4 atom stereocenters. The quantitative estimate of drug-likeness (QED) is 0.110. The van der Waals surface area contributed by atoms with E-state index in [2.05, 4.69) is 16.0 Å². The molecular weight excluding hydrogens is 738 g/mol. The Hall–Kier alpha value is -0.311. The van der Waals surface area contributed by atoms with Gasteiger partial charge in [-0.2, -0.15) is 0 Å². The molecule has 0 heterocycles. The molecule has 0 spiro atoms. The molecule has 0 aromatic heterocycles. The Labute approximate surface area is 304 Å². The Morgan fingerprint density at radius 2 is 0.778 bits per heavy atom. The van der Waals surface area contributed by atoms with E-state index < -0.39 is 32.8 Å². The summed E-state index contributed by atoms with van der Waals surface area (Å²) in [6.45, 7) is 20.7. The first-order valence-electron chi connectivity index (χ1n) is 15.6. The third-order valence-corrected chi connectivity index (χ3v) is 8.44. The van der Waals surface area contributed by atoms with Gasteiger partial charge in [-0.25, -0.2) is 0 Å². The summed E-state index contributed by atoms with van der Waals surface area (Å²) in [5.41, 5.74) is 0. The number of carbonyl (C=O) groups is 4. The normalized spacial score (nSPS) is 14.0. The molecule has 0 radical (unpaired) electrons. The van der Waals surface area contributed by atoms with Crippen LogP contribution in [-0.2, 0) is 92.1 Å². The summed E-state index contributed by atoms with van der Waals surface area (Å²) in [6, 6.07) is 0. The molecule has 0 fully saturated rings. The zero-order chi connectivity index (χ0) is 35.3. The van der Waals surface area contributed by atoms with Gasteiger partial charge in [0, 0.05) is 39.3 Å². The number of nitrogens with one attached hydrogen (secondary N) is 3. The molecule has 0 saturated heterocycles. The van der Waals surface area contributed by atoms with Gasteiger partial charge in [0.05, 0.1) is 0 Å². The van der Waals surface area contributed by atoms with Gasteiger partial charge in [0.2, 0.25) is 11.8 Å². The maximum absolute atomic E-state index is 12.9. The predicted molar refractivity (Wildman–Crippen MR) is 186 cm³/mol. The molecule has 0 bridgehead atoms. The Morgan fingerprint density at radius 1 is 0.511 bits per heavy atom. The van der Waals surface area contributed by atoms with E-state index in [1.54, 1.807) is 9.80 Å². The summed E-state index contributed by atoms with van der Waals surface area (Å²) >= 11 is 22.3. The topological polar surface area (TPSA) is 128 Å². The molecule has 0 aromatic rings. The summed E-state index contributed by atoms with van der Waals surface area (Å²) < 4.78 is 8.22. The van der Waals surface area contributed by atoms with E-state index in [0.717, 1.165) is 18.9 Å². The molecule has 15 heteroatoms. The first-order chi connectivity index (χ1) is 21.0. The fourth-order valence-corrected chi connectivity index (χ4v) is 5.29. The van der Waals surface area contributed by atoms with Crippen molar-refractivity contribution in [1.29, 1.82) is 0 Å². The van der Waals surface area contributed by atoms with Gasteiger partial charge in [0.1, 0.15) is 0 Å².